The van der Waals surface area contributed by atoms with E-state index in [4.69, 9.17) is 26.9 Å². The molecule has 1 saturated heterocycles. The number of aliphatic hydroxyl groups excluding tert-OH is 1. The molecule has 0 bridgehead atoms. The first kappa shape index (κ1) is 24.9. The Kier molecular flexibility index (Phi) is 8.96. The lowest BCUT2D eigenvalue weighted by Gasteiger charge is -2.37. The lowest BCUT2D eigenvalue weighted by atomic mass is 10.1. The number of fused-ring (bicyclic) bond motifs is 2. The Bertz CT molecular complexity index is 1050. The van der Waals surface area contributed by atoms with Gasteiger partial charge in [-0.25, -0.2) is 9.59 Å². The molecule has 174 valence electrons. The number of aliphatic carboxylic acids is 2. The maximum absolute atomic E-state index is 9.55. The van der Waals surface area contributed by atoms with Gasteiger partial charge in [-0.1, -0.05) is 41.6 Å². The van der Waals surface area contributed by atoms with Gasteiger partial charge in [0.25, 0.3) is 0 Å². The molecule has 0 aliphatic carbocycles. The first-order valence-electron chi connectivity index (χ1n) is 10.4. The van der Waals surface area contributed by atoms with Gasteiger partial charge in [0.1, 0.15) is 0 Å². The number of benzene rings is 2. The van der Waals surface area contributed by atoms with E-state index in [0.29, 0.717) is 12.2 Å². The predicted molar refractivity (Wildman–Crippen MR) is 129 cm³/mol. The van der Waals surface area contributed by atoms with Crippen molar-refractivity contribution >= 4 is 47.1 Å². The minimum atomic E-state index is -1.26. The molecule has 33 heavy (non-hydrogen) atoms. The van der Waals surface area contributed by atoms with E-state index >= 15 is 0 Å². The molecule has 7 nitrogen and oxygen atoms in total. The van der Waals surface area contributed by atoms with Crippen LogP contribution in [0, 0.1) is 0 Å². The summed E-state index contributed by atoms with van der Waals surface area (Å²) in [5.41, 5.74) is 3.74. The number of rotatable bonds is 5. The molecule has 0 atom stereocenters. The summed E-state index contributed by atoms with van der Waals surface area (Å²) in [6.45, 7) is 4.90. The fourth-order valence-electron chi connectivity index (χ4n) is 3.59. The maximum Gasteiger partial charge on any atom is 0.328 e. The number of hydrogen-bond donors (Lipinski definition) is 3. The smallest absolute Gasteiger partial charge is 0.328 e. The number of halogens is 1. The number of aliphatic hydroxyl groups is 1. The highest BCUT2D eigenvalue weighted by Gasteiger charge is 2.23. The molecule has 0 amide bonds. The molecule has 0 spiro atoms. The van der Waals surface area contributed by atoms with Gasteiger partial charge in [-0.3, -0.25) is 4.90 Å². The van der Waals surface area contributed by atoms with Crippen LogP contribution >= 0.6 is 23.4 Å². The van der Waals surface area contributed by atoms with E-state index in [1.54, 1.807) is 0 Å². The van der Waals surface area contributed by atoms with Crippen LogP contribution in [-0.2, 0) is 9.59 Å². The number of carboxylic acid groups (broad SMARTS) is 2. The van der Waals surface area contributed by atoms with Gasteiger partial charge in [0, 0.05) is 70.9 Å². The third kappa shape index (κ3) is 7.10. The molecule has 0 saturated carbocycles. The summed E-state index contributed by atoms with van der Waals surface area (Å²) in [5, 5.41) is 25.6. The summed E-state index contributed by atoms with van der Waals surface area (Å²) in [6.07, 6.45) is 3.40. The molecule has 1 fully saturated rings. The van der Waals surface area contributed by atoms with Crippen molar-refractivity contribution in [2.75, 3.05) is 39.3 Å². The minimum Gasteiger partial charge on any atom is -0.478 e. The molecule has 3 N–H and O–H groups in total. The average molecular weight is 489 g/mol. The van der Waals surface area contributed by atoms with Gasteiger partial charge in [0.05, 0.1) is 6.61 Å². The van der Waals surface area contributed by atoms with Gasteiger partial charge in [0.15, 0.2) is 0 Å². The summed E-state index contributed by atoms with van der Waals surface area (Å²) in [6, 6.07) is 14.7. The van der Waals surface area contributed by atoms with Crippen molar-refractivity contribution in [2.45, 2.75) is 9.79 Å². The van der Waals surface area contributed by atoms with Gasteiger partial charge < -0.3 is 20.2 Å². The number of hydrogen-bond acceptors (Lipinski definition) is 6. The van der Waals surface area contributed by atoms with Gasteiger partial charge in [-0.2, -0.15) is 0 Å². The summed E-state index contributed by atoms with van der Waals surface area (Å²) in [5.74, 6) is -2.51. The number of piperazine rings is 1. The lowest BCUT2D eigenvalue weighted by Crippen LogP contribution is -2.46. The van der Waals surface area contributed by atoms with E-state index < -0.39 is 11.9 Å². The Morgan fingerprint density at radius 3 is 2.27 bits per heavy atom. The van der Waals surface area contributed by atoms with Crippen LogP contribution in [-0.4, -0.2) is 76.4 Å². The fraction of sp³-hybridized carbons (Fsp3) is 0.250. The Hall–Kier alpha value is -2.78. The topological polar surface area (TPSA) is 101 Å². The normalized spacial score (nSPS) is 15.6. The van der Waals surface area contributed by atoms with Crippen molar-refractivity contribution in [3.05, 3.63) is 70.8 Å². The second-order valence-electron chi connectivity index (χ2n) is 7.37. The minimum absolute atomic E-state index is 0.230. The van der Waals surface area contributed by atoms with E-state index in [-0.39, 0.29) is 6.61 Å². The molecule has 2 aliphatic rings. The lowest BCUT2D eigenvalue weighted by molar-refractivity contribution is -0.134. The van der Waals surface area contributed by atoms with Crippen molar-refractivity contribution in [3.63, 3.8) is 0 Å². The monoisotopic (exact) mass is 488 g/mol. The van der Waals surface area contributed by atoms with Crippen molar-refractivity contribution in [1.82, 2.24) is 9.80 Å². The van der Waals surface area contributed by atoms with Crippen LogP contribution in [0.25, 0.3) is 11.8 Å². The zero-order chi connectivity index (χ0) is 23.8. The van der Waals surface area contributed by atoms with E-state index in [1.165, 1.54) is 26.6 Å². The number of β-amino-alcohol motifs (C(OH)–C–C–N with tert-alkyl or cyclic N) is 1. The third-order valence-electron chi connectivity index (χ3n) is 5.14. The van der Waals surface area contributed by atoms with Crippen LogP contribution in [0.4, 0.5) is 0 Å². The van der Waals surface area contributed by atoms with Gasteiger partial charge in [-0.05, 0) is 35.9 Å². The van der Waals surface area contributed by atoms with Gasteiger partial charge in [-0.15, -0.1) is 0 Å². The number of carboxylic acids is 2. The molecular formula is C24H25ClN2O5S. The number of nitrogens with zero attached hydrogens (tertiary/aromatic N) is 2. The van der Waals surface area contributed by atoms with Gasteiger partial charge >= 0.3 is 11.9 Å². The zero-order valence-corrected chi connectivity index (χ0v) is 19.4. The molecule has 0 aromatic heterocycles. The summed E-state index contributed by atoms with van der Waals surface area (Å²) < 4.78 is 0. The Morgan fingerprint density at radius 2 is 1.64 bits per heavy atom. The van der Waals surface area contributed by atoms with E-state index in [9.17, 15) is 9.59 Å². The van der Waals surface area contributed by atoms with Crippen molar-refractivity contribution < 1.29 is 24.9 Å². The summed E-state index contributed by atoms with van der Waals surface area (Å²) in [4.78, 5) is 26.4. The molecule has 4 rings (SSSR count). The van der Waals surface area contributed by atoms with Crippen LogP contribution in [0.3, 0.4) is 0 Å². The van der Waals surface area contributed by atoms with Crippen LogP contribution in [0.15, 0.2) is 64.4 Å². The number of carbonyl (C=O) groups is 2. The molecule has 2 aromatic carbocycles. The summed E-state index contributed by atoms with van der Waals surface area (Å²) >= 11 is 8.05. The van der Waals surface area contributed by atoms with E-state index in [1.807, 2.05) is 17.8 Å². The Morgan fingerprint density at radius 1 is 0.970 bits per heavy atom. The first-order chi connectivity index (χ1) is 15.9. The second-order valence-corrected chi connectivity index (χ2v) is 8.89. The van der Waals surface area contributed by atoms with Crippen LogP contribution in [0.1, 0.15) is 11.1 Å². The molecular weight excluding hydrogens is 464 g/mol. The zero-order valence-electron chi connectivity index (χ0n) is 17.9. The van der Waals surface area contributed by atoms with Crippen LogP contribution < -0.4 is 0 Å². The van der Waals surface area contributed by atoms with E-state index in [2.05, 4.69) is 52.3 Å². The van der Waals surface area contributed by atoms with Gasteiger partial charge in [0.2, 0.25) is 0 Å². The molecule has 0 radical (unpaired) electrons. The first-order valence-corrected chi connectivity index (χ1v) is 11.6. The quantitative estimate of drug-likeness (QED) is 0.548. The van der Waals surface area contributed by atoms with Crippen molar-refractivity contribution in [3.8, 4) is 0 Å². The Balaban J connectivity index is 0.000000331. The van der Waals surface area contributed by atoms with Crippen LogP contribution in [0.5, 0.6) is 0 Å². The molecule has 2 aromatic rings. The molecule has 2 aliphatic heterocycles. The highest BCUT2D eigenvalue weighted by molar-refractivity contribution is 7.99. The molecule has 2 heterocycles. The predicted octanol–water partition coefficient (Wildman–Crippen LogP) is 3.62. The van der Waals surface area contributed by atoms with E-state index in [0.717, 1.165) is 37.7 Å². The summed E-state index contributed by atoms with van der Waals surface area (Å²) in [7, 11) is 0. The highest BCUT2D eigenvalue weighted by atomic mass is 35.5. The fourth-order valence-corrected chi connectivity index (χ4v) is 4.81. The standard InChI is InChI=1S/C20H21ClN2OS.C4H4O4/c21-16-5-6-19-15(13-16)14-18(17-3-1-2-4-20(17)25-19)23-9-7-22(8-10-23)11-12-24;5-3(6)1-2-4(7)8/h1-6,13-14,24H,7-12H2;1-2H,(H,5,6)(H,7,8)/b;2-1-. The molecule has 0 unspecified atom stereocenters. The highest BCUT2D eigenvalue weighted by Crippen LogP contribution is 2.42. The average Bonchev–Trinajstić information content (AvgIpc) is 2.95. The largest absolute Gasteiger partial charge is 0.478 e. The maximum atomic E-state index is 9.55. The Labute approximate surface area is 201 Å². The van der Waals surface area contributed by atoms with Crippen molar-refractivity contribution in [2.24, 2.45) is 0 Å². The van der Waals surface area contributed by atoms with Crippen LogP contribution in [0.2, 0.25) is 5.02 Å². The van der Waals surface area contributed by atoms with Crippen molar-refractivity contribution in [1.29, 1.82) is 0 Å². The SMILES string of the molecule is O=C(O)/C=C\C(=O)O.OCCN1CCN(C2=Cc3cc(Cl)ccc3Sc3ccccc32)CC1. The third-order valence-corrected chi connectivity index (χ3v) is 6.55. The molecule has 9 heteroatoms. The second kappa shape index (κ2) is 11.9.